The predicted molar refractivity (Wildman–Crippen MR) is 85.3 cm³/mol. The van der Waals surface area contributed by atoms with Gasteiger partial charge in [-0.1, -0.05) is 29.8 Å². The van der Waals surface area contributed by atoms with E-state index in [-0.39, 0.29) is 0 Å². The summed E-state index contributed by atoms with van der Waals surface area (Å²) in [5.41, 5.74) is 7.78. The fourth-order valence-electron chi connectivity index (χ4n) is 2.62. The number of carbonyl (C=O) groups excluding carboxylic acids is 1. The molecule has 21 heavy (non-hydrogen) atoms. The van der Waals surface area contributed by atoms with Gasteiger partial charge in [0.25, 0.3) is 0 Å². The zero-order valence-electron chi connectivity index (χ0n) is 12.8. The zero-order chi connectivity index (χ0) is 15.1. The molecular formula is C16H26N4O. The standard InChI is InChI=1S/C16H26N4O/c1-14-2-4-15(5-3-14)6-8-19-10-12-20(13-11-19)9-7-18-16(17)21/h2-5H,6-13H2,1H3,(H3,17,18,21). The van der Waals surface area contributed by atoms with E-state index in [2.05, 4.69) is 46.3 Å². The summed E-state index contributed by atoms with van der Waals surface area (Å²) in [4.78, 5) is 15.5. The minimum absolute atomic E-state index is 0.438. The Kier molecular flexibility index (Phi) is 6.02. The van der Waals surface area contributed by atoms with E-state index in [1.807, 2.05) is 0 Å². The quantitative estimate of drug-likeness (QED) is 0.815. The smallest absolute Gasteiger partial charge is 0.312 e. The van der Waals surface area contributed by atoms with Crippen molar-refractivity contribution in [1.29, 1.82) is 0 Å². The van der Waals surface area contributed by atoms with Crippen molar-refractivity contribution in [2.75, 3.05) is 45.8 Å². The number of hydrogen-bond acceptors (Lipinski definition) is 3. The Hall–Kier alpha value is -1.59. The predicted octanol–water partition coefficient (Wildman–Crippen LogP) is 0.823. The van der Waals surface area contributed by atoms with E-state index in [0.717, 1.165) is 45.7 Å². The molecule has 0 aliphatic carbocycles. The van der Waals surface area contributed by atoms with E-state index in [1.54, 1.807) is 0 Å². The molecule has 5 heteroatoms. The molecule has 1 saturated heterocycles. The maximum absolute atomic E-state index is 10.6. The number of benzene rings is 1. The van der Waals surface area contributed by atoms with Gasteiger partial charge in [0, 0.05) is 45.8 Å². The van der Waals surface area contributed by atoms with Crippen molar-refractivity contribution in [2.24, 2.45) is 5.73 Å². The van der Waals surface area contributed by atoms with Crippen LogP contribution in [-0.2, 0) is 6.42 Å². The first kappa shape index (κ1) is 15.8. The maximum atomic E-state index is 10.6. The molecule has 3 N–H and O–H groups in total. The highest BCUT2D eigenvalue weighted by atomic mass is 16.2. The van der Waals surface area contributed by atoms with Gasteiger partial charge >= 0.3 is 6.03 Å². The Morgan fingerprint density at radius 3 is 2.24 bits per heavy atom. The van der Waals surface area contributed by atoms with Gasteiger partial charge in [0.2, 0.25) is 0 Å². The second-order valence-corrected chi connectivity index (χ2v) is 5.71. The zero-order valence-corrected chi connectivity index (χ0v) is 12.8. The van der Waals surface area contributed by atoms with Crippen molar-refractivity contribution in [2.45, 2.75) is 13.3 Å². The van der Waals surface area contributed by atoms with Crippen molar-refractivity contribution in [3.8, 4) is 0 Å². The average molecular weight is 290 g/mol. The van der Waals surface area contributed by atoms with E-state index in [1.165, 1.54) is 11.1 Å². The normalized spacial score (nSPS) is 16.8. The van der Waals surface area contributed by atoms with Gasteiger partial charge < -0.3 is 16.0 Å². The molecule has 0 atom stereocenters. The molecule has 2 amide bonds. The SMILES string of the molecule is Cc1ccc(CCN2CCN(CCNC(N)=O)CC2)cc1. The molecule has 1 aromatic rings. The first-order chi connectivity index (χ1) is 10.1. The van der Waals surface area contributed by atoms with Crippen LogP contribution >= 0.6 is 0 Å². The molecule has 116 valence electrons. The molecule has 1 aliphatic heterocycles. The highest BCUT2D eigenvalue weighted by molar-refractivity contribution is 5.71. The van der Waals surface area contributed by atoms with Crippen molar-refractivity contribution >= 4 is 6.03 Å². The molecule has 0 radical (unpaired) electrons. The minimum Gasteiger partial charge on any atom is -0.352 e. The number of nitrogens with zero attached hydrogens (tertiary/aromatic N) is 2. The Morgan fingerprint density at radius 2 is 1.67 bits per heavy atom. The number of urea groups is 1. The van der Waals surface area contributed by atoms with Crippen LogP contribution in [0.1, 0.15) is 11.1 Å². The number of piperazine rings is 1. The number of nitrogens with one attached hydrogen (secondary N) is 1. The van der Waals surface area contributed by atoms with Crippen LogP contribution < -0.4 is 11.1 Å². The summed E-state index contributed by atoms with van der Waals surface area (Å²) < 4.78 is 0. The Morgan fingerprint density at radius 1 is 1.10 bits per heavy atom. The second kappa shape index (κ2) is 8.00. The number of rotatable bonds is 6. The summed E-state index contributed by atoms with van der Waals surface area (Å²) in [6.45, 7) is 9.09. The third kappa shape index (κ3) is 5.73. The van der Waals surface area contributed by atoms with Gasteiger partial charge in [0.1, 0.15) is 0 Å². The van der Waals surface area contributed by atoms with E-state index < -0.39 is 6.03 Å². The number of aryl methyl sites for hydroxylation is 1. The number of hydrogen-bond donors (Lipinski definition) is 2. The highest BCUT2D eigenvalue weighted by Crippen LogP contribution is 2.07. The molecule has 1 heterocycles. The molecule has 1 aromatic carbocycles. The topological polar surface area (TPSA) is 61.6 Å². The molecule has 1 aliphatic rings. The fraction of sp³-hybridized carbons (Fsp3) is 0.562. The van der Waals surface area contributed by atoms with Crippen LogP contribution in [-0.4, -0.2) is 61.6 Å². The third-order valence-corrected chi connectivity index (χ3v) is 4.03. The lowest BCUT2D eigenvalue weighted by Gasteiger charge is -2.34. The lowest BCUT2D eigenvalue weighted by atomic mass is 10.1. The van der Waals surface area contributed by atoms with Crippen LogP contribution in [0.3, 0.4) is 0 Å². The summed E-state index contributed by atoms with van der Waals surface area (Å²) in [5.74, 6) is 0. The van der Waals surface area contributed by atoms with Gasteiger partial charge in [-0.3, -0.25) is 4.90 Å². The van der Waals surface area contributed by atoms with Gasteiger partial charge in [-0.2, -0.15) is 0 Å². The number of amides is 2. The third-order valence-electron chi connectivity index (χ3n) is 4.03. The van der Waals surface area contributed by atoms with E-state index >= 15 is 0 Å². The van der Waals surface area contributed by atoms with Crippen molar-refractivity contribution in [3.63, 3.8) is 0 Å². The Labute approximate surface area is 127 Å². The van der Waals surface area contributed by atoms with Crippen LogP contribution in [0.4, 0.5) is 4.79 Å². The molecular weight excluding hydrogens is 264 g/mol. The average Bonchev–Trinajstić information content (AvgIpc) is 2.48. The Balaban J connectivity index is 1.62. The van der Waals surface area contributed by atoms with Crippen LogP contribution in [0.15, 0.2) is 24.3 Å². The lowest BCUT2D eigenvalue weighted by molar-refractivity contribution is 0.134. The summed E-state index contributed by atoms with van der Waals surface area (Å²) >= 11 is 0. The van der Waals surface area contributed by atoms with Crippen LogP contribution in [0, 0.1) is 6.92 Å². The van der Waals surface area contributed by atoms with E-state index in [9.17, 15) is 4.79 Å². The number of primary amides is 1. The lowest BCUT2D eigenvalue weighted by Crippen LogP contribution is -2.49. The van der Waals surface area contributed by atoms with Gasteiger partial charge in [0.05, 0.1) is 0 Å². The van der Waals surface area contributed by atoms with Crippen LogP contribution in [0.25, 0.3) is 0 Å². The highest BCUT2D eigenvalue weighted by Gasteiger charge is 2.16. The molecule has 0 bridgehead atoms. The molecule has 1 fully saturated rings. The summed E-state index contributed by atoms with van der Waals surface area (Å²) in [6.07, 6.45) is 1.11. The molecule has 0 spiro atoms. The van der Waals surface area contributed by atoms with Crippen LogP contribution in [0.2, 0.25) is 0 Å². The first-order valence-electron chi connectivity index (χ1n) is 7.67. The number of nitrogens with two attached hydrogens (primary N) is 1. The summed E-state index contributed by atoms with van der Waals surface area (Å²) in [7, 11) is 0. The second-order valence-electron chi connectivity index (χ2n) is 5.71. The fourth-order valence-corrected chi connectivity index (χ4v) is 2.62. The molecule has 0 saturated carbocycles. The monoisotopic (exact) mass is 290 g/mol. The van der Waals surface area contributed by atoms with Crippen LogP contribution in [0.5, 0.6) is 0 Å². The first-order valence-corrected chi connectivity index (χ1v) is 7.67. The molecule has 0 aromatic heterocycles. The van der Waals surface area contributed by atoms with Gasteiger partial charge in [-0.05, 0) is 18.9 Å². The summed E-state index contributed by atoms with van der Waals surface area (Å²) in [5, 5.41) is 2.64. The summed E-state index contributed by atoms with van der Waals surface area (Å²) in [6, 6.07) is 8.37. The van der Waals surface area contributed by atoms with Gasteiger partial charge in [-0.15, -0.1) is 0 Å². The largest absolute Gasteiger partial charge is 0.352 e. The van der Waals surface area contributed by atoms with E-state index in [0.29, 0.717) is 6.54 Å². The number of carbonyl (C=O) groups is 1. The van der Waals surface area contributed by atoms with Gasteiger partial charge in [-0.25, -0.2) is 4.79 Å². The Bertz CT molecular complexity index is 438. The molecule has 0 unspecified atom stereocenters. The molecule has 2 rings (SSSR count). The minimum atomic E-state index is -0.438. The maximum Gasteiger partial charge on any atom is 0.312 e. The molecule has 5 nitrogen and oxygen atoms in total. The van der Waals surface area contributed by atoms with Crippen molar-refractivity contribution in [3.05, 3.63) is 35.4 Å². The van der Waals surface area contributed by atoms with E-state index in [4.69, 9.17) is 5.73 Å². The van der Waals surface area contributed by atoms with Gasteiger partial charge in [0.15, 0.2) is 0 Å². The van der Waals surface area contributed by atoms with Crippen molar-refractivity contribution < 1.29 is 4.79 Å². The van der Waals surface area contributed by atoms with Crippen molar-refractivity contribution in [1.82, 2.24) is 15.1 Å².